The second kappa shape index (κ2) is 5.63. The molecular weight excluding hydrogens is 302 g/mol. The first-order valence-corrected chi connectivity index (χ1v) is 6.90. The molecule has 0 saturated carbocycles. The lowest BCUT2D eigenvalue weighted by Crippen LogP contribution is -3.00. The molecule has 114 valence electrons. The van der Waals surface area contributed by atoms with Gasteiger partial charge in [-0.3, -0.25) is 0 Å². The van der Waals surface area contributed by atoms with Gasteiger partial charge in [0.1, 0.15) is 7.05 Å². The number of pyridine rings is 1. The molecule has 1 aliphatic heterocycles. The van der Waals surface area contributed by atoms with Gasteiger partial charge >= 0.3 is 0 Å². The number of hydrogen-bond acceptors (Lipinski definition) is 3. The number of halogens is 1. The first kappa shape index (κ1) is 14.9. The van der Waals surface area contributed by atoms with Gasteiger partial charge in [-0.25, -0.2) is 4.57 Å². The normalized spacial score (nSPS) is 12.6. The van der Waals surface area contributed by atoms with Crippen LogP contribution in [0, 0.1) is 0 Å². The van der Waals surface area contributed by atoms with E-state index in [4.69, 9.17) is 14.2 Å². The Morgan fingerprint density at radius 2 is 1.95 bits per heavy atom. The van der Waals surface area contributed by atoms with E-state index in [1.54, 1.807) is 7.11 Å². The molecule has 0 amide bonds. The zero-order chi connectivity index (χ0) is 14.4. The number of nitrogens with zero attached hydrogens (tertiary/aromatic N) is 1. The summed E-state index contributed by atoms with van der Waals surface area (Å²) < 4.78 is 18.5. The summed E-state index contributed by atoms with van der Waals surface area (Å²) in [5.74, 6) is 1.65. The van der Waals surface area contributed by atoms with Crippen molar-refractivity contribution < 1.29 is 31.2 Å². The van der Waals surface area contributed by atoms with Crippen molar-refractivity contribution in [2.24, 2.45) is 7.05 Å². The van der Waals surface area contributed by atoms with Crippen molar-refractivity contribution in [3.63, 3.8) is 0 Å². The number of benzene rings is 2. The van der Waals surface area contributed by atoms with Crippen LogP contribution >= 0.6 is 0 Å². The number of aromatic nitrogens is 1. The maximum Gasteiger partial charge on any atom is 0.231 e. The second-order valence-corrected chi connectivity index (χ2v) is 5.29. The van der Waals surface area contributed by atoms with E-state index in [0.717, 1.165) is 22.4 Å². The number of methoxy groups -OCH3 is 1. The summed E-state index contributed by atoms with van der Waals surface area (Å²) >= 11 is 0. The Morgan fingerprint density at radius 1 is 1.09 bits per heavy atom. The van der Waals surface area contributed by atoms with Crippen LogP contribution in [0.1, 0.15) is 5.56 Å². The molecule has 1 aromatic heterocycles. The molecule has 0 unspecified atom stereocenters. The van der Waals surface area contributed by atoms with Crippen molar-refractivity contribution in [1.82, 2.24) is 0 Å². The Morgan fingerprint density at radius 3 is 2.77 bits per heavy atom. The minimum absolute atomic E-state index is 0. The molecule has 2 heterocycles. The topological polar surface area (TPSA) is 31.6 Å². The van der Waals surface area contributed by atoms with E-state index in [9.17, 15) is 0 Å². The minimum Gasteiger partial charge on any atom is -1.00 e. The summed E-state index contributed by atoms with van der Waals surface area (Å²) in [5, 5.41) is 3.45. The van der Waals surface area contributed by atoms with Crippen LogP contribution in [-0.4, -0.2) is 13.9 Å². The molecule has 22 heavy (non-hydrogen) atoms. The van der Waals surface area contributed by atoms with Gasteiger partial charge in [-0.1, -0.05) is 6.07 Å². The van der Waals surface area contributed by atoms with Gasteiger partial charge in [-0.15, -0.1) is 0 Å². The van der Waals surface area contributed by atoms with Crippen molar-refractivity contribution in [1.29, 1.82) is 0 Å². The van der Waals surface area contributed by atoms with Gasteiger partial charge in [0.15, 0.2) is 17.7 Å². The highest BCUT2D eigenvalue weighted by atomic mass is 35.5. The van der Waals surface area contributed by atoms with Crippen LogP contribution in [-0.2, 0) is 18.4 Å². The standard InChI is InChI=1S/C17H16NO3.ClH/c1-18-8-14-12(4-6-16-17(14)21-10-20-16)13-7-11(9-19-2)3-5-15(13)18;/h3-8H,9-10H2,1-2H3;1H/q+1;/p-1. The summed E-state index contributed by atoms with van der Waals surface area (Å²) in [7, 11) is 3.76. The number of ether oxygens (including phenoxy) is 3. The molecule has 0 aliphatic carbocycles. The van der Waals surface area contributed by atoms with Crippen molar-refractivity contribution in [3.8, 4) is 11.5 Å². The molecule has 4 nitrogen and oxygen atoms in total. The summed E-state index contributed by atoms with van der Waals surface area (Å²) in [6.45, 7) is 0.903. The van der Waals surface area contributed by atoms with Crippen LogP contribution in [0.2, 0.25) is 0 Å². The number of fused-ring (bicyclic) bond motifs is 5. The highest BCUT2D eigenvalue weighted by Crippen LogP contribution is 2.40. The van der Waals surface area contributed by atoms with Gasteiger partial charge in [0.25, 0.3) is 0 Å². The second-order valence-electron chi connectivity index (χ2n) is 5.29. The quantitative estimate of drug-likeness (QED) is 0.480. The molecule has 0 fully saturated rings. The van der Waals surface area contributed by atoms with E-state index < -0.39 is 0 Å². The van der Waals surface area contributed by atoms with E-state index in [1.165, 1.54) is 16.3 Å². The van der Waals surface area contributed by atoms with E-state index in [0.29, 0.717) is 13.4 Å². The Hall–Kier alpha value is -2.04. The Balaban J connectivity index is 0.00000144. The predicted molar refractivity (Wildman–Crippen MR) is 79.5 cm³/mol. The summed E-state index contributed by atoms with van der Waals surface area (Å²) in [4.78, 5) is 0. The third-order valence-corrected chi connectivity index (χ3v) is 3.94. The summed E-state index contributed by atoms with van der Waals surface area (Å²) in [6.07, 6.45) is 2.10. The fourth-order valence-corrected chi connectivity index (χ4v) is 2.98. The fourth-order valence-electron chi connectivity index (χ4n) is 2.98. The molecule has 4 rings (SSSR count). The third kappa shape index (κ3) is 2.16. The number of aryl methyl sites for hydroxylation is 1. The maximum atomic E-state index is 5.63. The zero-order valence-corrected chi connectivity index (χ0v) is 13.2. The highest BCUT2D eigenvalue weighted by molar-refractivity contribution is 6.07. The molecule has 1 aliphatic rings. The molecule has 0 bridgehead atoms. The smallest absolute Gasteiger partial charge is 0.231 e. The molecule has 0 radical (unpaired) electrons. The van der Waals surface area contributed by atoms with Crippen LogP contribution in [0.15, 0.2) is 36.5 Å². The fraction of sp³-hybridized carbons (Fsp3) is 0.235. The lowest BCUT2D eigenvalue weighted by atomic mass is 10.0. The van der Waals surface area contributed by atoms with Gasteiger partial charge in [0, 0.05) is 18.6 Å². The van der Waals surface area contributed by atoms with Gasteiger partial charge < -0.3 is 26.6 Å². The van der Waals surface area contributed by atoms with Crippen LogP contribution in [0.4, 0.5) is 0 Å². The number of rotatable bonds is 2. The maximum absolute atomic E-state index is 5.63. The first-order chi connectivity index (χ1) is 10.3. The SMILES string of the molecule is COCc1ccc2c(c1)c1ccc3c(c1c[n+]2C)OCO3.[Cl-]. The molecule has 0 atom stereocenters. The van der Waals surface area contributed by atoms with Gasteiger partial charge in [0.05, 0.1) is 17.4 Å². The lowest BCUT2D eigenvalue weighted by molar-refractivity contribution is -0.643. The average Bonchev–Trinajstić information content (AvgIpc) is 2.96. The molecule has 3 aromatic rings. The minimum atomic E-state index is 0. The molecule has 2 aromatic carbocycles. The van der Waals surface area contributed by atoms with Crippen LogP contribution in [0.5, 0.6) is 11.5 Å². The van der Waals surface area contributed by atoms with Crippen molar-refractivity contribution >= 4 is 21.7 Å². The van der Waals surface area contributed by atoms with Gasteiger partial charge in [0.2, 0.25) is 12.3 Å². The van der Waals surface area contributed by atoms with E-state index in [1.807, 2.05) is 13.1 Å². The summed E-state index contributed by atoms with van der Waals surface area (Å²) in [6, 6.07) is 10.5. The van der Waals surface area contributed by atoms with E-state index in [2.05, 4.69) is 35.0 Å². The van der Waals surface area contributed by atoms with Crippen LogP contribution < -0.4 is 26.4 Å². The van der Waals surface area contributed by atoms with Crippen molar-refractivity contribution in [2.75, 3.05) is 13.9 Å². The van der Waals surface area contributed by atoms with Crippen molar-refractivity contribution in [2.45, 2.75) is 6.61 Å². The van der Waals surface area contributed by atoms with Crippen LogP contribution in [0.3, 0.4) is 0 Å². The molecule has 0 spiro atoms. The van der Waals surface area contributed by atoms with Crippen LogP contribution in [0.25, 0.3) is 21.7 Å². The molecule has 0 N–H and O–H groups in total. The Bertz CT molecular complexity index is 864. The molecule has 5 heteroatoms. The Kier molecular flexibility index (Phi) is 3.81. The lowest BCUT2D eigenvalue weighted by Gasteiger charge is -2.07. The summed E-state index contributed by atoms with van der Waals surface area (Å²) in [5.41, 5.74) is 2.34. The predicted octanol–water partition coefficient (Wildman–Crippen LogP) is -0.303. The first-order valence-electron chi connectivity index (χ1n) is 6.90. The largest absolute Gasteiger partial charge is 1.00 e. The van der Waals surface area contributed by atoms with Gasteiger partial charge in [-0.05, 0) is 23.8 Å². The van der Waals surface area contributed by atoms with E-state index in [-0.39, 0.29) is 12.4 Å². The Labute approximate surface area is 134 Å². The molecular formula is C17H16ClNO3. The zero-order valence-electron chi connectivity index (χ0n) is 12.4. The monoisotopic (exact) mass is 317 g/mol. The molecule has 0 saturated heterocycles. The van der Waals surface area contributed by atoms with E-state index >= 15 is 0 Å². The number of hydrogen-bond donors (Lipinski definition) is 0. The third-order valence-electron chi connectivity index (χ3n) is 3.94. The van der Waals surface area contributed by atoms with Crippen molar-refractivity contribution in [3.05, 3.63) is 42.1 Å². The highest BCUT2D eigenvalue weighted by Gasteiger charge is 2.21. The van der Waals surface area contributed by atoms with Gasteiger partial charge in [-0.2, -0.15) is 0 Å². The average molecular weight is 318 g/mol.